The molecule has 2 aromatic rings. The summed E-state index contributed by atoms with van der Waals surface area (Å²) in [5, 5.41) is 2.10. The molecule has 0 saturated carbocycles. The quantitative estimate of drug-likeness (QED) is 0.688. The molecule has 5 N–H and O–H groups in total. The fourth-order valence-electron chi connectivity index (χ4n) is 1.25. The molecule has 0 aromatic heterocycles. The number of rotatable bonds is 1. The molecule has 0 spiro atoms. The lowest BCUT2D eigenvalue weighted by molar-refractivity contribution is 0.259. The van der Waals surface area contributed by atoms with Gasteiger partial charge in [0.05, 0.1) is 21.4 Å². The van der Waals surface area contributed by atoms with Crippen LogP contribution in [0.15, 0.2) is 36.4 Å². The molecule has 0 aliphatic carbocycles. The van der Waals surface area contributed by atoms with Crippen molar-refractivity contribution in [1.29, 1.82) is 0 Å². The van der Waals surface area contributed by atoms with Crippen LogP contribution in [0.2, 0.25) is 10.0 Å². The number of nitrogens with one attached hydrogen (secondary N) is 1. The number of urea groups is 1. The van der Waals surface area contributed by atoms with Crippen molar-refractivity contribution < 1.29 is 13.6 Å². The molecule has 2 aromatic carbocycles. The third-order valence-corrected chi connectivity index (χ3v) is 2.77. The van der Waals surface area contributed by atoms with Crippen molar-refractivity contribution in [2.24, 2.45) is 5.73 Å². The summed E-state index contributed by atoms with van der Waals surface area (Å²) in [6.07, 6.45) is 0. The van der Waals surface area contributed by atoms with E-state index < -0.39 is 17.7 Å². The van der Waals surface area contributed by atoms with Crippen LogP contribution in [-0.2, 0) is 0 Å². The molecule has 0 fully saturated rings. The molecular weight excluding hydrogens is 323 g/mol. The number of anilines is 2. The molecule has 2 amide bonds. The molecule has 0 atom stereocenters. The summed E-state index contributed by atoms with van der Waals surface area (Å²) in [6, 6.07) is 7.94. The van der Waals surface area contributed by atoms with E-state index >= 15 is 0 Å². The Morgan fingerprint density at radius 2 is 1.52 bits per heavy atom. The summed E-state index contributed by atoms with van der Waals surface area (Å²) in [6.45, 7) is 0. The van der Waals surface area contributed by atoms with Gasteiger partial charge in [-0.15, -0.1) is 0 Å². The molecule has 0 aliphatic heterocycles. The number of hydrogen-bond acceptors (Lipinski definition) is 2. The number of carbonyl (C=O) groups excluding carboxylic acids is 1. The van der Waals surface area contributed by atoms with Crippen LogP contribution in [0.5, 0.6) is 0 Å². The van der Waals surface area contributed by atoms with Gasteiger partial charge in [-0.2, -0.15) is 0 Å². The van der Waals surface area contributed by atoms with Crippen LogP contribution in [0.4, 0.5) is 25.0 Å². The van der Waals surface area contributed by atoms with E-state index in [0.717, 1.165) is 0 Å². The maximum absolute atomic E-state index is 13.0. The molecule has 21 heavy (non-hydrogen) atoms. The van der Waals surface area contributed by atoms with Crippen LogP contribution < -0.4 is 16.8 Å². The molecule has 8 heteroatoms. The zero-order chi connectivity index (χ0) is 16.0. The smallest absolute Gasteiger partial charge is 0.316 e. The number of primary amides is 1. The first-order valence-electron chi connectivity index (χ1n) is 5.53. The Balaban J connectivity index is 0.000000219. The SMILES string of the molecule is NC(=O)Nc1cccc(Cl)c1F.Nc1cccc(Cl)c1F. The van der Waals surface area contributed by atoms with Gasteiger partial charge in [-0.05, 0) is 24.3 Å². The Bertz CT molecular complexity index is 633. The Kier molecular flexibility index (Phi) is 6.20. The van der Waals surface area contributed by atoms with Crippen molar-refractivity contribution >= 4 is 40.6 Å². The highest BCUT2D eigenvalue weighted by molar-refractivity contribution is 6.31. The van der Waals surface area contributed by atoms with Crippen LogP contribution in [0, 0.1) is 11.6 Å². The van der Waals surface area contributed by atoms with Crippen molar-refractivity contribution in [3.05, 3.63) is 58.1 Å². The van der Waals surface area contributed by atoms with Gasteiger partial charge in [0, 0.05) is 0 Å². The monoisotopic (exact) mass is 333 g/mol. The highest BCUT2D eigenvalue weighted by Crippen LogP contribution is 2.21. The van der Waals surface area contributed by atoms with Crippen molar-refractivity contribution in [3.63, 3.8) is 0 Å². The predicted octanol–water partition coefficient (Wildman–Crippen LogP) is 4.03. The van der Waals surface area contributed by atoms with Gasteiger partial charge in [0.2, 0.25) is 0 Å². The molecule has 0 aliphatic rings. The standard InChI is InChI=1S/C7H6ClFN2O.C6H5ClFN/c8-4-2-1-3-5(6(4)9)11-7(10)12;7-4-2-1-3-5(9)6(4)8/h1-3H,(H3,10,11,12);1-3H,9H2. The minimum absolute atomic E-state index is 0.0185. The normalized spacial score (nSPS) is 9.52. The molecule has 2 rings (SSSR count). The second-order valence-electron chi connectivity index (χ2n) is 3.73. The lowest BCUT2D eigenvalue weighted by Gasteiger charge is -2.03. The van der Waals surface area contributed by atoms with E-state index in [-0.39, 0.29) is 21.4 Å². The zero-order valence-corrected chi connectivity index (χ0v) is 12.1. The van der Waals surface area contributed by atoms with Gasteiger partial charge in [-0.25, -0.2) is 13.6 Å². The predicted molar refractivity (Wildman–Crippen MR) is 80.4 cm³/mol. The fraction of sp³-hybridized carbons (Fsp3) is 0. The minimum Gasteiger partial charge on any atom is -0.396 e. The number of carbonyl (C=O) groups is 1. The van der Waals surface area contributed by atoms with Gasteiger partial charge >= 0.3 is 6.03 Å². The topological polar surface area (TPSA) is 81.1 Å². The first kappa shape index (κ1) is 17.0. The summed E-state index contributed by atoms with van der Waals surface area (Å²) in [5.74, 6) is -1.22. The number of benzene rings is 2. The van der Waals surface area contributed by atoms with Crippen molar-refractivity contribution in [2.45, 2.75) is 0 Å². The molecule has 0 radical (unpaired) electrons. The third-order valence-electron chi connectivity index (χ3n) is 2.19. The first-order valence-corrected chi connectivity index (χ1v) is 6.28. The van der Waals surface area contributed by atoms with E-state index in [0.29, 0.717) is 0 Å². The van der Waals surface area contributed by atoms with E-state index in [2.05, 4.69) is 5.32 Å². The number of nitrogen functional groups attached to an aromatic ring is 1. The number of hydrogen-bond donors (Lipinski definition) is 3. The van der Waals surface area contributed by atoms with E-state index in [1.165, 1.54) is 30.3 Å². The number of halogens is 4. The summed E-state index contributed by atoms with van der Waals surface area (Å²) in [4.78, 5) is 10.3. The van der Waals surface area contributed by atoms with E-state index in [1.54, 1.807) is 6.07 Å². The minimum atomic E-state index is -0.823. The van der Waals surface area contributed by atoms with Crippen LogP contribution in [0.1, 0.15) is 0 Å². The van der Waals surface area contributed by atoms with Gasteiger partial charge in [-0.3, -0.25) is 0 Å². The Morgan fingerprint density at radius 3 is 2.00 bits per heavy atom. The maximum Gasteiger partial charge on any atom is 0.316 e. The molecule has 112 valence electrons. The third kappa shape index (κ3) is 5.09. The Labute approximate surface area is 129 Å². The highest BCUT2D eigenvalue weighted by atomic mass is 35.5. The summed E-state index contributed by atoms with van der Waals surface area (Å²) < 4.78 is 25.4. The zero-order valence-electron chi connectivity index (χ0n) is 10.5. The van der Waals surface area contributed by atoms with Crippen LogP contribution >= 0.6 is 23.2 Å². The van der Waals surface area contributed by atoms with Crippen LogP contribution in [-0.4, -0.2) is 6.03 Å². The molecule has 0 saturated heterocycles. The Morgan fingerprint density at radius 1 is 1.00 bits per heavy atom. The van der Waals surface area contributed by atoms with Crippen LogP contribution in [0.25, 0.3) is 0 Å². The average Bonchev–Trinajstić information content (AvgIpc) is 2.41. The van der Waals surface area contributed by atoms with Crippen molar-refractivity contribution in [2.75, 3.05) is 11.1 Å². The van der Waals surface area contributed by atoms with Gasteiger partial charge in [-0.1, -0.05) is 35.3 Å². The van der Waals surface area contributed by atoms with E-state index in [9.17, 15) is 13.6 Å². The van der Waals surface area contributed by atoms with Gasteiger partial charge in [0.1, 0.15) is 0 Å². The Hall–Kier alpha value is -2.05. The fourth-order valence-corrected chi connectivity index (χ4v) is 1.61. The van der Waals surface area contributed by atoms with Gasteiger partial charge < -0.3 is 16.8 Å². The number of amides is 2. The summed E-state index contributed by atoms with van der Waals surface area (Å²) in [7, 11) is 0. The van der Waals surface area contributed by atoms with Gasteiger partial charge in [0.25, 0.3) is 0 Å². The summed E-state index contributed by atoms with van der Waals surface area (Å²) in [5.41, 5.74) is 10.0. The number of nitrogens with two attached hydrogens (primary N) is 2. The van der Waals surface area contributed by atoms with Crippen molar-refractivity contribution in [3.8, 4) is 0 Å². The van der Waals surface area contributed by atoms with E-state index in [1.807, 2.05) is 0 Å². The average molecular weight is 334 g/mol. The second-order valence-corrected chi connectivity index (χ2v) is 4.55. The lowest BCUT2D eigenvalue weighted by Crippen LogP contribution is -2.20. The molecule has 0 unspecified atom stereocenters. The molecular formula is C13H11Cl2F2N3O. The van der Waals surface area contributed by atoms with Crippen LogP contribution in [0.3, 0.4) is 0 Å². The molecule has 4 nitrogen and oxygen atoms in total. The van der Waals surface area contributed by atoms with Gasteiger partial charge in [0.15, 0.2) is 11.6 Å². The largest absolute Gasteiger partial charge is 0.396 e. The summed E-state index contributed by atoms with van der Waals surface area (Å²) >= 11 is 10.8. The highest BCUT2D eigenvalue weighted by Gasteiger charge is 2.06. The van der Waals surface area contributed by atoms with E-state index in [4.69, 9.17) is 34.7 Å². The lowest BCUT2D eigenvalue weighted by atomic mass is 10.3. The molecule has 0 bridgehead atoms. The second kappa shape index (κ2) is 7.66. The first-order chi connectivity index (χ1) is 9.82. The maximum atomic E-state index is 13.0. The van der Waals surface area contributed by atoms with Crippen molar-refractivity contribution in [1.82, 2.24) is 0 Å². The molecule has 0 heterocycles.